The van der Waals surface area contributed by atoms with Gasteiger partial charge in [0.1, 0.15) is 0 Å². The van der Waals surface area contributed by atoms with Crippen LogP contribution < -0.4 is 4.90 Å². The summed E-state index contributed by atoms with van der Waals surface area (Å²) in [5.41, 5.74) is 1.54. The average Bonchev–Trinajstić information content (AvgIpc) is 2.46. The number of benzene rings is 1. The van der Waals surface area contributed by atoms with Crippen molar-refractivity contribution in [2.45, 2.75) is 25.8 Å². The van der Waals surface area contributed by atoms with E-state index in [-0.39, 0.29) is 0 Å². The Labute approximate surface area is 120 Å². The second kappa shape index (κ2) is 6.40. The highest BCUT2D eigenvalue weighted by atomic mass is 35.5. The molecule has 4 heteroatoms. The number of hydrogen-bond donors (Lipinski definition) is 0. The second-order valence-corrected chi connectivity index (χ2v) is 5.47. The van der Waals surface area contributed by atoms with Gasteiger partial charge in [-0.25, -0.2) is 0 Å². The number of halogens is 1. The smallest absolute Gasteiger partial charge is 0.153 e. The van der Waals surface area contributed by atoms with Crippen molar-refractivity contribution in [2.75, 3.05) is 31.6 Å². The lowest BCUT2D eigenvalue weighted by molar-refractivity contribution is 0.112. The van der Waals surface area contributed by atoms with E-state index in [4.69, 9.17) is 11.6 Å². The molecular weight excluding hydrogens is 260 g/mol. The Balaban J connectivity index is 2.14. The summed E-state index contributed by atoms with van der Waals surface area (Å²) in [5.74, 6) is 0. The standard InChI is InChI=1S/C15H21ClN2O/c1-3-18-9-7-12(8-10-18)17(2)15-6-4-5-14(16)13(15)11-19/h4-6,11-12H,3,7-10H2,1-2H3. The average molecular weight is 281 g/mol. The number of rotatable bonds is 4. The van der Waals surface area contributed by atoms with E-state index < -0.39 is 0 Å². The first-order chi connectivity index (χ1) is 9.17. The number of likely N-dealkylation sites (tertiary alicyclic amines) is 1. The van der Waals surface area contributed by atoms with Gasteiger partial charge < -0.3 is 9.80 Å². The molecule has 1 fully saturated rings. The first kappa shape index (κ1) is 14.4. The van der Waals surface area contributed by atoms with Crippen molar-refractivity contribution >= 4 is 23.6 Å². The zero-order chi connectivity index (χ0) is 13.8. The molecule has 0 radical (unpaired) electrons. The molecule has 1 aromatic rings. The van der Waals surface area contributed by atoms with Crippen LogP contribution in [0.25, 0.3) is 0 Å². The predicted molar refractivity (Wildman–Crippen MR) is 80.4 cm³/mol. The lowest BCUT2D eigenvalue weighted by Gasteiger charge is -2.38. The van der Waals surface area contributed by atoms with E-state index in [1.165, 1.54) is 0 Å². The first-order valence-electron chi connectivity index (χ1n) is 6.86. The number of carbonyl (C=O) groups is 1. The summed E-state index contributed by atoms with van der Waals surface area (Å²) in [7, 11) is 2.06. The van der Waals surface area contributed by atoms with Crippen molar-refractivity contribution in [3.63, 3.8) is 0 Å². The zero-order valence-electron chi connectivity index (χ0n) is 11.6. The van der Waals surface area contributed by atoms with Gasteiger partial charge in [0.2, 0.25) is 0 Å². The number of carbonyl (C=O) groups excluding carboxylic acids is 1. The molecule has 0 atom stereocenters. The van der Waals surface area contributed by atoms with E-state index in [1.807, 2.05) is 12.1 Å². The van der Waals surface area contributed by atoms with E-state index >= 15 is 0 Å². The fraction of sp³-hybridized carbons (Fsp3) is 0.533. The van der Waals surface area contributed by atoms with Gasteiger partial charge in [-0.2, -0.15) is 0 Å². The van der Waals surface area contributed by atoms with Crippen LogP contribution in [0.15, 0.2) is 18.2 Å². The SMILES string of the molecule is CCN1CCC(N(C)c2cccc(Cl)c2C=O)CC1. The van der Waals surface area contributed by atoms with Crippen LogP contribution in [0.4, 0.5) is 5.69 Å². The van der Waals surface area contributed by atoms with Crippen LogP contribution in [-0.2, 0) is 0 Å². The normalized spacial score (nSPS) is 17.4. The van der Waals surface area contributed by atoms with Crippen LogP contribution in [0.5, 0.6) is 0 Å². The third kappa shape index (κ3) is 3.10. The van der Waals surface area contributed by atoms with E-state index in [0.717, 1.165) is 44.4 Å². The zero-order valence-corrected chi connectivity index (χ0v) is 12.4. The van der Waals surface area contributed by atoms with Crippen LogP contribution in [0, 0.1) is 0 Å². The summed E-state index contributed by atoms with van der Waals surface area (Å²) in [5, 5.41) is 0.533. The van der Waals surface area contributed by atoms with E-state index in [9.17, 15) is 4.79 Å². The fourth-order valence-corrected chi connectivity index (χ4v) is 2.98. The molecule has 2 rings (SSSR count). The fourth-order valence-electron chi connectivity index (χ4n) is 2.77. The minimum atomic E-state index is 0.486. The summed E-state index contributed by atoms with van der Waals surface area (Å²) in [4.78, 5) is 15.9. The number of piperidine rings is 1. The van der Waals surface area contributed by atoms with Gasteiger partial charge >= 0.3 is 0 Å². The molecule has 0 unspecified atom stereocenters. The van der Waals surface area contributed by atoms with Crippen molar-refractivity contribution in [2.24, 2.45) is 0 Å². The Morgan fingerprint density at radius 2 is 2.11 bits per heavy atom. The Morgan fingerprint density at radius 1 is 1.42 bits per heavy atom. The number of aldehydes is 1. The molecule has 19 heavy (non-hydrogen) atoms. The minimum absolute atomic E-state index is 0.486. The second-order valence-electron chi connectivity index (χ2n) is 5.07. The lowest BCUT2D eigenvalue weighted by atomic mass is 10.0. The Kier molecular flexibility index (Phi) is 4.83. The Morgan fingerprint density at radius 3 is 2.68 bits per heavy atom. The van der Waals surface area contributed by atoms with Crippen molar-refractivity contribution < 1.29 is 4.79 Å². The highest BCUT2D eigenvalue weighted by Crippen LogP contribution is 2.28. The maximum Gasteiger partial charge on any atom is 0.153 e. The molecule has 1 heterocycles. The number of hydrogen-bond acceptors (Lipinski definition) is 3. The van der Waals surface area contributed by atoms with Crippen molar-refractivity contribution in [1.29, 1.82) is 0 Å². The molecule has 0 amide bonds. The van der Waals surface area contributed by atoms with Crippen LogP contribution in [0.2, 0.25) is 5.02 Å². The molecule has 0 saturated carbocycles. The summed E-state index contributed by atoms with van der Waals surface area (Å²) in [6, 6.07) is 6.13. The van der Waals surface area contributed by atoms with Gasteiger partial charge in [0.25, 0.3) is 0 Å². The first-order valence-corrected chi connectivity index (χ1v) is 7.24. The molecule has 1 aliphatic heterocycles. The molecule has 1 aromatic carbocycles. The van der Waals surface area contributed by atoms with Crippen LogP contribution in [0.3, 0.4) is 0 Å². The van der Waals surface area contributed by atoms with Gasteiger partial charge in [0, 0.05) is 31.9 Å². The summed E-state index contributed by atoms with van der Waals surface area (Å²) in [6.45, 7) is 5.57. The maximum atomic E-state index is 11.2. The molecule has 104 valence electrons. The molecule has 1 saturated heterocycles. The molecule has 0 spiro atoms. The van der Waals surface area contributed by atoms with Gasteiger partial charge in [-0.15, -0.1) is 0 Å². The molecule has 0 bridgehead atoms. The van der Waals surface area contributed by atoms with Crippen LogP contribution in [0.1, 0.15) is 30.1 Å². The molecule has 0 aromatic heterocycles. The summed E-state index contributed by atoms with van der Waals surface area (Å²) >= 11 is 6.09. The Hall–Kier alpha value is -1.06. The molecular formula is C15H21ClN2O. The maximum absolute atomic E-state index is 11.2. The van der Waals surface area contributed by atoms with Gasteiger partial charge in [-0.3, -0.25) is 4.79 Å². The molecule has 0 aliphatic carbocycles. The van der Waals surface area contributed by atoms with Crippen molar-refractivity contribution in [1.82, 2.24) is 4.90 Å². The highest BCUT2D eigenvalue weighted by molar-refractivity contribution is 6.33. The van der Waals surface area contributed by atoms with Crippen LogP contribution in [-0.4, -0.2) is 43.9 Å². The van der Waals surface area contributed by atoms with Gasteiger partial charge in [0.05, 0.1) is 10.6 Å². The molecule has 1 aliphatic rings. The monoisotopic (exact) mass is 280 g/mol. The number of nitrogens with zero attached hydrogens (tertiary/aromatic N) is 2. The Bertz CT molecular complexity index is 442. The lowest BCUT2D eigenvalue weighted by Crippen LogP contribution is -2.43. The van der Waals surface area contributed by atoms with Crippen molar-refractivity contribution in [3.05, 3.63) is 28.8 Å². The molecule has 3 nitrogen and oxygen atoms in total. The van der Waals surface area contributed by atoms with E-state index in [2.05, 4.69) is 23.8 Å². The quantitative estimate of drug-likeness (QED) is 0.792. The number of anilines is 1. The van der Waals surface area contributed by atoms with E-state index in [1.54, 1.807) is 6.07 Å². The summed E-state index contributed by atoms with van der Waals surface area (Å²) in [6.07, 6.45) is 3.12. The highest BCUT2D eigenvalue weighted by Gasteiger charge is 2.23. The largest absolute Gasteiger partial charge is 0.371 e. The molecule has 0 N–H and O–H groups in total. The van der Waals surface area contributed by atoms with Crippen LogP contribution >= 0.6 is 11.6 Å². The van der Waals surface area contributed by atoms with Gasteiger partial charge in [0.15, 0.2) is 6.29 Å². The topological polar surface area (TPSA) is 23.6 Å². The summed E-state index contributed by atoms with van der Waals surface area (Å²) < 4.78 is 0. The van der Waals surface area contributed by atoms with Gasteiger partial charge in [-0.05, 0) is 31.5 Å². The van der Waals surface area contributed by atoms with Gasteiger partial charge in [-0.1, -0.05) is 24.6 Å². The van der Waals surface area contributed by atoms with Crippen molar-refractivity contribution in [3.8, 4) is 0 Å². The minimum Gasteiger partial charge on any atom is -0.371 e. The third-order valence-electron chi connectivity index (χ3n) is 4.08. The van der Waals surface area contributed by atoms with E-state index in [0.29, 0.717) is 16.6 Å². The third-order valence-corrected chi connectivity index (χ3v) is 4.41. The predicted octanol–water partition coefficient (Wildman–Crippen LogP) is 3.07.